The van der Waals surface area contributed by atoms with Gasteiger partial charge in [-0.15, -0.1) is 0 Å². The Hall–Kier alpha value is -1.79. The zero-order valence-electron chi connectivity index (χ0n) is 10.9. The summed E-state index contributed by atoms with van der Waals surface area (Å²) in [5.74, 6) is -1.41. The lowest BCUT2D eigenvalue weighted by Crippen LogP contribution is -2.51. The molecule has 0 aromatic heterocycles. The quantitative estimate of drug-likeness (QED) is 0.521. The average molecular weight is 259 g/mol. The minimum Gasteiger partial charge on any atom is -0.481 e. The molecule has 0 radical (unpaired) electrons. The summed E-state index contributed by atoms with van der Waals surface area (Å²) in [6.07, 6.45) is 0.370. The molecule has 104 valence electrons. The highest BCUT2D eigenvalue weighted by Gasteiger charge is 2.23. The van der Waals surface area contributed by atoms with E-state index >= 15 is 0 Å². The number of carbonyl (C=O) groups excluding carboxylic acids is 2. The monoisotopic (exact) mass is 259 g/mol. The predicted octanol–water partition coefficient (Wildman–Crippen LogP) is 0.193. The van der Waals surface area contributed by atoms with E-state index in [9.17, 15) is 14.4 Å². The van der Waals surface area contributed by atoms with Gasteiger partial charge < -0.3 is 21.5 Å². The first-order valence-corrected chi connectivity index (χ1v) is 5.71. The van der Waals surface area contributed by atoms with E-state index in [1.807, 2.05) is 0 Å². The molecule has 0 saturated carbocycles. The highest BCUT2D eigenvalue weighted by Crippen LogP contribution is 2.07. The number of carboxylic acid groups (broad SMARTS) is 1. The van der Waals surface area contributed by atoms with Crippen molar-refractivity contribution in [3.8, 4) is 0 Å². The van der Waals surface area contributed by atoms with Crippen LogP contribution in [0, 0.1) is 0 Å². The number of carbonyl (C=O) groups is 3. The molecule has 0 aliphatic rings. The Labute approximate surface area is 106 Å². The van der Waals surface area contributed by atoms with Gasteiger partial charge in [0.1, 0.15) is 0 Å². The third-order valence-corrected chi connectivity index (χ3v) is 2.24. The van der Waals surface area contributed by atoms with Crippen LogP contribution in [0.3, 0.4) is 0 Å². The third-order valence-electron chi connectivity index (χ3n) is 2.24. The van der Waals surface area contributed by atoms with E-state index in [1.54, 1.807) is 20.8 Å². The molecule has 0 aromatic rings. The third kappa shape index (κ3) is 8.37. The number of carboxylic acids is 1. The predicted molar refractivity (Wildman–Crippen MR) is 65.9 cm³/mol. The Morgan fingerprint density at radius 1 is 1.33 bits per heavy atom. The van der Waals surface area contributed by atoms with Crippen molar-refractivity contribution in [1.29, 1.82) is 0 Å². The van der Waals surface area contributed by atoms with Crippen LogP contribution < -0.4 is 16.4 Å². The van der Waals surface area contributed by atoms with Crippen LogP contribution in [-0.2, 0) is 9.59 Å². The van der Waals surface area contributed by atoms with Crippen LogP contribution in [0.5, 0.6) is 0 Å². The molecule has 18 heavy (non-hydrogen) atoms. The first kappa shape index (κ1) is 16.2. The summed E-state index contributed by atoms with van der Waals surface area (Å²) in [5.41, 5.74) is 4.33. The normalized spacial score (nSPS) is 12.6. The number of nitrogens with two attached hydrogens (primary N) is 1. The number of primary amides is 1. The highest BCUT2D eigenvalue weighted by atomic mass is 16.4. The molecule has 0 heterocycles. The molecule has 1 unspecified atom stereocenters. The fraction of sp³-hybridized carbons (Fsp3) is 0.727. The van der Waals surface area contributed by atoms with E-state index in [-0.39, 0.29) is 18.9 Å². The second-order valence-electron chi connectivity index (χ2n) is 4.96. The zero-order chi connectivity index (χ0) is 14.3. The van der Waals surface area contributed by atoms with Crippen LogP contribution in [0.1, 0.15) is 40.0 Å². The van der Waals surface area contributed by atoms with Crippen molar-refractivity contribution in [2.45, 2.75) is 51.6 Å². The molecule has 0 aliphatic heterocycles. The largest absolute Gasteiger partial charge is 0.481 e. The van der Waals surface area contributed by atoms with E-state index < -0.39 is 23.4 Å². The molecule has 5 N–H and O–H groups in total. The molecular formula is C11H21N3O4. The standard InChI is InChI=1S/C11H21N3O4/c1-7(4-5-9(16)17)13-10(18)14-11(2,3)6-8(12)15/h7H,4-6H2,1-3H3,(H2,12,15)(H,16,17)(H2,13,14,18). The maximum absolute atomic E-state index is 11.6. The lowest BCUT2D eigenvalue weighted by molar-refractivity contribution is -0.137. The fourth-order valence-electron chi connectivity index (χ4n) is 1.46. The molecule has 0 fully saturated rings. The van der Waals surface area contributed by atoms with Crippen molar-refractivity contribution >= 4 is 17.9 Å². The van der Waals surface area contributed by atoms with E-state index in [0.29, 0.717) is 6.42 Å². The fourth-order valence-corrected chi connectivity index (χ4v) is 1.46. The molecule has 0 rings (SSSR count). The summed E-state index contributed by atoms with van der Waals surface area (Å²) in [6, 6.07) is -0.704. The number of nitrogens with one attached hydrogen (secondary N) is 2. The second-order valence-corrected chi connectivity index (χ2v) is 4.96. The van der Waals surface area contributed by atoms with Gasteiger partial charge in [0.2, 0.25) is 5.91 Å². The summed E-state index contributed by atoms with van der Waals surface area (Å²) in [5, 5.41) is 13.7. The molecule has 0 saturated heterocycles. The van der Waals surface area contributed by atoms with Gasteiger partial charge in [-0.25, -0.2) is 4.79 Å². The summed E-state index contributed by atoms with van der Waals surface area (Å²) in [4.78, 5) is 32.7. The van der Waals surface area contributed by atoms with E-state index in [1.165, 1.54) is 0 Å². The SMILES string of the molecule is CC(CCC(=O)O)NC(=O)NC(C)(C)CC(N)=O. The van der Waals surface area contributed by atoms with Gasteiger partial charge in [-0.1, -0.05) is 0 Å². The van der Waals surface area contributed by atoms with Gasteiger partial charge >= 0.3 is 12.0 Å². The van der Waals surface area contributed by atoms with Crippen molar-refractivity contribution in [3.05, 3.63) is 0 Å². The Morgan fingerprint density at radius 3 is 2.33 bits per heavy atom. The molecule has 7 heteroatoms. The van der Waals surface area contributed by atoms with Gasteiger partial charge in [0.05, 0.1) is 0 Å². The number of aliphatic carboxylic acids is 1. The van der Waals surface area contributed by atoms with Crippen LogP contribution in [0.4, 0.5) is 4.79 Å². The molecular weight excluding hydrogens is 238 g/mol. The molecule has 3 amide bonds. The van der Waals surface area contributed by atoms with Crippen LogP contribution in [0.2, 0.25) is 0 Å². The van der Waals surface area contributed by atoms with Gasteiger partial charge in [-0.2, -0.15) is 0 Å². The minimum atomic E-state index is -0.905. The lowest BCUT2D eigenvalue weighted by Gasteiger charge is -2.26. The maximum atomic E-state index is 11.6. The topological polar surface area (TPSA) is 122 Å². The average Bonchev–Trinajstić information content (AvgIpc) is 2.10. The van der Waals surface area contributed by atoms with Crippen LogP contribution in [-0.4, -0.2) is 34.6 Å². The van der Waals surface area contributed by atoms with Crippen molar-refractivity contribution in [1.82, 2.24) is 10.6 Å². The number of urea groups is 1. The second kappa shape index (κ2) is 6.83. The number of amides is 3. The summed E-state index contributed by atoms with van der Waals surface area (Å²) in [7, 11) is 0. The molecule has 0 spiro atoms. The maximum Gasteiger partial charge on any atom is 0.315 e. The van der Waals surface area contributed by atoms with Gasteiger partial charge in [0.15, 0.2) is 0 Å². The van der Waals surface area contributed by atoms with Crippen molar-refractivity contribution < 1.29 is 19.5 Å². The van der Waals surface area contributed by atoms with E-state index in [4.69, 9.17) is 10.8 Å². The summed E-state index contributed by atoms with van der Waals surface area (Å²) in [6.45, 7) is 5.07. The summed E-state index contributed by atoms with van der Waals surface area (Å²) >= 11 is 0. The Bertz CT molecular complexity index is 328. The first-order chi connectivity index (χ1) is 8.12. The van der Waals surface area contributed by atoms with Gasteiger partial charge in [-0.3, -0.25) is 9.59 Å². The summed E-state index contributed by atoms with van der Waals surface area (Å²) < 4.78 is 0. The number of hydrogen-bond donors (Lipinski definition) is 4. The smallest absolute Gasteiger partial charge is 0.315 e. The highest BCUT2D eigenvalue weighted by molar-refractivity contribution is 5.78. The van der Waals surface area contributed by atoms with Crippen LogP contribution >= 0.6 is 0 Å². The number of rotatable bonds is 7. The molecule has 7 nitrogen and oxygen atoms in total. The minimum absolute atomic E-state index is 0.00781. The zero-order valence-corrected chi connectivity index (χ0v) is 10.9. The van der Waals surface area contributed by atoms with Crippen molar-refractivity contribution in [2.75, 3.05) is 0 Å². The Morgan fingerprint density at radius 2 is 1.89 bits per heavy atom. The van der Waals surface area contributed by atoms with Crippen molar-refractivity contribution in [3.63, 3.8) is 0 Å². The van der Waals surface area contributed by atoms with Crippen LogP contribution in [0.25, 0.3) is 0 Å². The van der Waals surface area contributed by atoms with E-state index in [2.05, 4.69) is 10.6 Å². The Balaban J connectivity index is 4.09. The van der Waals surface area contributed by atoms with Gasteiger partial charge in [0, 0.05) is 24.4 Å². The molecule has 0 aliphatic carbocycles. The molecule has 1 atom stereocenters. The molecule has 0 aromatic carbocycles. The van der Waals surface area contributed by atoms with Crippen molar-refractivity contribution in [2.24, 2.45) is 5.73 Å². The van der Waals surface area contributed by atoms with E-state index in [0.717, 1.165) is 0 Å². The first-order valence-electron chi connectivity index (χ1n) is 5.71. The number of hydrogen-bond acceptors (Lipinski definition) is 3. The lowest BCUT2D eigenvalue weighted by atomic mass is 10.0. The Kier molecular flexibility index (Phi) is 6.15. The van der Waals surface area contributed by atoms with Gasteiger partial charge in [0.25, 0.3) is 0 Å². The van der Waals surface area contributed by atoms with Gasteiger partial charge in [-0.05, 0) is 27.2 Å². The van der Waals surface area contributed by atoms with Crippen LogP contribution in [0.15, 0.2) is 0 Å². The molecule has 0 bridgehead atoms.